The van der Waals surface area contributed by atoms with E-state index in [4.69, 9.17) is 4.42 Å². The SMILES string of the molecule is CNc1snc(C)c1C(=O)NCC(O)c1ccco1. The number of aromatic nitrogens is 1. The molecule has 2 aromatic heterocycles. The maximum atomic E-state index is 12.1. The molecule has 0 saturated carbocycles. The van der Waals surface area contributed by atoms with Gasteiger partial charge in [-0.2, -0.15) is 4.37 Å². The Labute approximate surface area is 114 Å². The minimum Gasteiger partial charge on any atom is -0.467 e. The molecular formula is C12H15N3O3S. The average molecular weight is 281 g/mol. The summed E-state index contributed by atoms with van der Waals surface area (Å²) in [7, 11) is 1.74. The Bertz CT molecular complexity index is 551. The number of anilines is 1. The van der Waals surface area contributed by atoms with Gasteiger partial charge in [-0.15, -0.1) is 0 Å². The number of amides is 1. The predicted molar refractivity (Wildman–Crippen MR) is 72.4 cm³/mol. The lowest BCUT2D eigenvalue weighted by atomic mass is 10.2. The van der Waals surface area contributed by atoms with Crippen molar-refractivity contribution >= 4 is 22.4 Å². The lowest BCUT2D eigenvalue weighted by Gasteiger charge is -2.10. The van der Waals surface area contributed by atoms with E-state index in [-0.39, 0.29) is 12.5 Å². The quantitative estimate of drug-likeness (QED) is 0.774. The standard InChI is InChI=1S/C12H15N3O3S/c1-7-10(12(13-2)19-15-7)11(17)14-6-8(16)9-4-3-5-18-9/h3-5,8,13,16H,6H2,1-2H3,(H,14,17). The van der Waals surface area contributed by atoms with Crippen molar-refractivity contribution in [1.29, 1.82) is 0 Å². The summed E-state index contributed by atoms with van der Waals surface area (Å²) in [6.45, 7) is 1.86. The van der Waals surface area contributed by atoms with Gasteiger partial charge >= 0.3 is 0 Å². The molecule has 3 N–H and O–H groups in total. The first kappa shape index (κ1) is 13.6. The minimum absolute atomic E-state index is 0.0881. The van der Waals surface area contributed by atoms with Gasteiger partial charge in [-0.05, 0) is 30.6 Å². The Morgan fingerprint density at radius 3 is 3.05 bits per heavy atom. The molecule has 0 fully saturated rings. The van der Waals surface area contributed by atoms with Crippen molar-refractivity contribution in [3.63, 3.8) is 0 Å². The summed E-state index contributed by atoms with van der Waals surface area (Å²) in [6, 6.07) is 3.35. The molecular weight excluding hydrogens is 266 g/mol. The van der Waals surface area contributed by atoms with Crippen LogP contribution in [0.2, 0.25) is 0 Å². The lowest BCUT2D eigenvalue weighted by Crippen LogP contribution is -2.28. The van der Waals surface area contributed by atoms with Crippen LogP contribution in [-0.4, -0.2) is 29.0 Å². The van der Waals surface area contributed by atoms with Gasteiger partial charge in [0.05, 0.1) is 24.1 Å². The molecule has 2 rings (SSSR count). The number of aliphatic hydroxyl groups excluding tert-OH is 1. The highest BCUT2D eigenvalue weighted by Gasteiger charge is 2.19. The van der Waals surface area contributed by atoms with E-state index in [1.807, 2.05) is 0 Å². The van der Waals surface area contributed by atoms with Crippen molar-refractivity contribution in [3.8, 4) is 0 Å². The summed E-state index contributed by atoms with van der Waals surface area (Å²) in [4.78, 5) is 12.1. The third kappa shape index (κ3) is 2.94. The zero-order valence-corrected chi connectivity index (χ0v) is 11.5. The molecule has 2 heterocycles. The van der Waals surface area contributed by atoms with Gasteiger partial charge in [0.1, 0.15) is 16.9 Å². The number of hydrogen-bond donors (Lipinski definition) is 3. The lowest BCUT2D eigenvalue weighted by molar-refractivity contribution is 0.0901. The van der Waals surface area contributed by atoms with Crippen molar-refractivity contribution in [3.05, 3.63) is 35.4 Å². The average Bonchev–Trinajstić information content (AvgIpc) is 3.04. The first-order chi connectivity index (χ1) is 9.13. The van der Waals surface area contributed by atoms with E-state index in [1.54, 1.807) is 26.1 Å². The number of aryl methyl sites for hydroxylation is 1. The van der Waals surface area contributed by atoms with Crippen molar-refractivity contribution in [2.24, 2.45) is 0 Å². The number of nitrogens with zero attached hydrogens (tertiary/aromatic N) is 1. The zero-order valence-electron chi connectivity index (χ0n) is 10.6. The fourth-order valence-electron chi connectivity index (χ4n) is 1.67. The highest BCUT2D eigenvalue weighted by molar-refractivity contribution is 7.10. The molecule has 6 nitrogen and oxygen atoms in total. The van der Waals surface area contributed by atoms with Crippen LogP contribution in [0.1, 0.15) is 27.9 Å². The maximum Gasteiger partial charge on any atom is 0.256 e. The monoisotopic (exact) mass is 281 g/mol. The van der Waals surface area contributed by atoms with Crippen LogP contribution >= 0.6 is 11.5 Å². The number of carbonyl (C=O) groups excluding carboxylic acids is 1. The van der Waals surface area contributed by atoms with Crippen LogP contribution in [0.4, 0.5) is 5.00 Å². The normalized spacial score (nSPS) is 12.2. The second-order valence-corrected chi connectivity index (χ2v) is 4.74. The van der Waals surface area contributed by atoms with E-state index < -0.39 is 6.10 Å². The van der Waals surface area contributed by atoms with Gasteiger partial charge < -0.3 is 20.2 Å². The van der Waals surface area contributed by atoms with E-state index in [0.29, 0.717) is 22.0 Å². The molecule has 0 aliphatic heterocycles. The van der Waals surface area contributed by atoms with Crippen molar-refractivity contribution < 1.29 is 14.3 Å². The van der Waals surface area contributed by atoms with Gasteiger partial charge in [0.2, 0.25) is 0 Å². The molecule has 1 atom stereocenters. The number of nitrogens with one attached hydrogen (secondary N) is 2. The van der Waals surface area contributed by atoms with E-state index in [9.17, 15) is 9.90 Å². The molecule has 0 spiro atoms. The van der Waals surface area contributed by atoms with Crippen LogP contribution in [0.3, 0.4) is 0 Å². The first-order valence-electron chi connectivity index (χ1n) is 5.77. The van der Waals surface area contributed by atoms with E-state index in [1.165, 1.54) is 17.8 Å². The predicted octanol–water partition coefficient (Wildman–Crippen LogP) is 1.55. The molecule has 0 radical (unpaired) electrons. The second kappa shape index (κ2) is 5.85. The Morgan fingerprint density at radius 2 is 2.42 bits per heavy atom. The van der Waals surface area contributed by atoms with Crippen LogP contribution < -0.4 is 10.6 Å². The molecule has 7 heteroatoms. The number of hydrogen-bond acceptors (Lipinski definition) is 6. The van der Waals surface area contributed by atoms with Gasteiger partial charge in [0.25, 0.3) is 5.91 Å². The van der Waals surface area contributed by atoms with E-state index in [0.717, 1.165) is 0 Å². The summed E-state index contributed by atoms with van der Waals surface area (Å²) in [5, 5.41) is 16.1. The van der Waals surface area contributed by atoms with Crippen LogP contribution in [-0.2, 0) is 0 Å². The number of carbonyl (C=O) groups is 1. The molecule has 19 heavy (non-hydrogen) atoms. The van der Waals surface area contributed by atoms with Gasteiger partial charge in [-0.25, -0.2) is 0 Å². The Balaban J connectivity index is 2.00. The third-order valence-corrected chi connectivity index (χ3v) is 3.60. The van der Waals surface area contributed by atoms with E-state index >= 15 is 0 Å². The van der Waals surface area contributed by atoms with Crippen LogP contribution in [0.15, 0.2) is 22.8 Å². The van der Waals surface area contributed by atoms with E-state index in [2.05, 4.69) is 15.0 Å². The topological polar surface area (TPSA) is 87.4 Å². The third-order valence-electron chi connectivity index (χ3n) is 2.64. The van der Waals surface area contributed by atoms with Crippen molar-refractivity contribution in [1.82, 2.24) is 9.69 Å². The largest absolute Gasteiger partial charge is 0.467 e. The highest BCUT2D eigenvalue weighted by Crippen LogP contribution is 2.23. The smallest absolute Gasteiger partial charge is 0.256 e. The minimum atomic E-state index is -0.858. The highest BCUT2D eigenvalue weighted by atomic mass is 32.1. The van der Waals surface area contributed by atoms with Gasteiger partial charge in [-0.1, -0.05) is 0 Å². The van der Waals surface area contributed by atoms with Crippen LogP contribution in [0, 0.1) is 6.92 Å². The summed E-state index contributed by atoms with van der Waals surface area (Å²) >= 11 is 1.23. The Morgan fingerprint density at radius 1 is 1.63 bits per heavy atom. The first-order valence-corrected chi connectivity index (χ1v) is 6.54. The van der Waals surface area contributed by atoms with Gasteiger partial charge in [-0.3, -0.25) is 4.79 Å². The molecule has 0 saturated heterocycles. The van der Waals surface area contributed by atoms with Crippen LogP contribution in [0.5, 0.6) is 0 Å². The number of rotatable bonds is 5. The molecule has 102 valence electrons. The van der Waals surface area contributed by atoms with Gasteiger partial charge in [0.15, 0.2) is 0 Å². The number of aliphatic hydroxyl groups is 1. The molecule has 2 aromatic rings. The summed E-state index contributed by atoms with van der Waals surface area (Å²) in [6.07, 6.45) is 0.621. The molecule has 0 aliphatic carbocycles. The molecule has 0 aliphatic rings. The summed E-state index contributed by atoms with van der Waals surface area (Å²) in [5.74, 6) is 0.163. The molecule has 1 amide bonds. The fraction of sp³-hybridized carbons (Fsp3) is 0.333. The molecule has 0 aromatic carbocycles. The molecule has 1 unspecified atom stereocenters. The van der Waals surface area contributed by atoms with Gasteiger partial charge in [0, 0.05) is 7.05 Å². The Hall–Kier alpha value is -1.86. The number of furan rings is 1. The second-order valence-electron chi connectivity index (χ2n) is 3.96. The van der Waals surface area contributed by atoms with Crippen molar-refractivity contribution in [2.75, 3.05) is 18.9 Å². The maximum absolute atomic E-state index is 12.1. The summed E-state index contributed by atoms with van der Waals surface area (Å²) in [5.41, 5.74) is 1.18. The summed E-state index contributed by atoms with van der Waals surface area (Å²) < 4.78 is 9.19. The molecule has 0 bridgehead atoms. The van der Waals surface area contributed by atoms with Crippen LogP contribution in [0.25, 0.3) is 0 Å². The zero-order chi connectivity index (χ0) is 13.8. The van der Waals surface area contributed by atoms with Crippen molar-refractivity contribution in [2.45, 2.75) is 13.0 Å². The Kier molecular flexibility index (Phi) is 4.18. The fourth-order valence-corrected chi connectivity index (χ4v) is 2.41.